The Morgan fingerprint density at radius 3 is 2.94 bits per heavy atom. The molecule has 3 heteroatoms. The van der Waals surface area contributed by atoms with Crippen LogP contribution in [0.15, 0.2) is 24.3 Å². The normalized spacial score (nSPS) is 25.4. The van der Waals surface area contributed by atoms with Gasteiger partial charge in [-0.05, 0) is 43.9 Å². The second kappa shape index (κ2) is 5.20. The van der Waals surface area contributed by atoms with E-state index < -0.39 is 0 Å². The zero-order valence-electron chi connectivity index (χ0n) is 10.1. The number of rotatable bonds is 3. The molecule has 0 radical (unpaired) electrons. The third kappa shape index (κ3) is 2.98. The first kappa shape index (κ1) is 11.9. The Bertz CT molecular complexity index is 424. The average molecular weight is 230 g/mol. The van der Waals surface area contributed by atoms with E-state index in [0.717, 1.165) is 24.8 Å². The summed E-state index contributed by atoms with van der Waals surface area (Å²) in [6, 6.07) is 10.3. The maximum atomic E-state index is 9.43. The second-order valence-corrected chi connectivity index (χ2v) is 4.82. The highest BCUT2D eigenvalue weighted by molar-refractivity contribution is 5.29. The van der Waals surface area contributed by atoms with Gasteiger partial charge in [0, 0.05) is 18.0 Å². The summed E-state index contributed by atoms with van der Waals surface area (Å²) in [6.45, 7) is 2.09. The van der Waals surface area contributed by atoms with E-state index in [1.54, 1.807) is 12.1 Å². The number of nitriles is 1. The van der Waals surface area contributed by atoms with Crippen molar-refractivity contribution in [2.45, 2.75) is 38.3 Å². The molecule has 2 N–H and O–H groups in total. The molecule has 2 rings (SSSR count). The van der Waals surface area contributed by atoms with E-state index in [2.05, 4.69) is 18.3 Å². The molecule has 1 aliphatic rings. The van der Waals surface area contributed by atoms with Crippen molar-refractivity contribution < 1.29 is 5.11 Å². The molecule has 0 aromatic heterocycles. The van der Waals surface area contributed by atoms with Gasteiger partial charge in [0.25, 0.3) is 0 Å². The van der Waals surface area contributed by atoms with E-state index in [0.29, 0.717) is 11.8 Å². The molecular weight excluding hydrogens is 212 g/mol. The average Bonchev–Trinajstić information content (AvgIpc) is 2.77. The number of phenols is 1. The first-order valence-electron chi connectivity index (χ1n) is 6.13. The van der Waals surface area contributed by atoms with Crippen molar-refractivity contribution in [3.63, 3.8) is 0 Å². The number of aromatic hydroxyl groups is 1. The quantitative estimate of drug-likeness (QED) is 0.839. The summed E-state index contributed by atoms with van der Waals surface area (Å²) in [5.74, 6) is 0.515. The standard InChI is InChI=1S/C14H18N2O/c1-10(12-3-2-4-14(17)8-12)16-13-6-5-11(7-13)9-15/h2-4,8,10-11,13,16-17H,5-7H2,1H3. The highest BCUT2D eigenvalue weighted by atomic mass is 16.3. The Morgan fingerprint density at radius 2 is 2.29 bits per heavy atom. The van der Waals surface area contributed by atoms with E-state index in [1.807, 2.05) is 12.1 Å². The van der Waals surface area contributed by atoms with Crippen LogP contribution in [0, 0.1) is 17.2 Å². The zero-order valence-corrected chi connectivity index (χ0v) is 10.1. The van der Waals surface area contributed by atoms with E-state index in [4.69, 9.17) is 5.26 Å². The summed E-state index contributed by atoms with van der Waals surface area (Å²) >= 11 is 0. The lowest BCUT2D eigenvalue weighted by Gasteiger charge is -2.19. The molecule has 1 aliphatic carbocycles. The number of hydrogen-bond acceptors (Lipinski definition) is 3. The first-order valence-corrected chi connectivity index (χ1v) is 6.13. The highest BCUT2D eigenvalue weighted by Gasteiger charge is 2.25. The van der Waals surface area contributed by atoms with Gasteiger partial charge in [0.05, 0.1) is 6.07 Å². The zero-order chi connectivity index (χ0) is 12.3. The largest absolute Gasteiger partial charge is 0.508 e. The molecule has 17 heavy (non-hydrogen) atoms. The van der Waals surface area contributed by atoms with Crippen molar-refractivity contribution >= 4 is 0 Å². The summed E-state index contributed by atoms with van der Waals surface area (Å²) in [5.41, 5.74) is 1.09. The van der Waals surface area contributed by atoms with Gasteiger partial charge in [-0.25, -0.2) is 0 Å². The Kier molecular flexibility index (Phi) is 3.65. The second-order valence-electron chi connectivity index (χ2n) is 4.82. The Balaban J connectivity index is 1.94. The predicted molar refractivity (Wildman–Crippen MR) is 66.4 cm³/mol. The van der Waals surface area contributed by atoms with Crippen LogP contribution in [0.5, 0.6) is 5.75 Å². The van der Waals surface area contributed by atoms with E-state index >= 15 is 0 Å². The van der Waals surface area contributed by atoms with E-state index in [-0.39, 0.29) is 12.0 Å². The van der Waals surface area contributed by atoms with Crippen LogP contribution in [0.2, 0.25) is 0 Å². The summed E-state index contributed by atoms with van der Waals surface area (Å²) in [5, 5.41) is 21.8. The van der Waals surface area contributed by atoms with Gasteiger partial charge in [-0.1, -0.05) is 12.1 Å². The van der Waals surface area contributed by atoms with Crippen molar-refractivity contribution in [3.8, 4) is 11.8 Å². The molecule has 0 heterocycles. The molecular formula is C14H18N2O. The first-order chi connectivity index (χ1) is 8.19. The predicted octanol–water partition coefficient (Wildman–Crippen LogP) is 2.74. The maximum absolute atomic E-state index is 9.43. The van der Waals surface area contributed by atoms with Gasteiger partial charge in [0.15, 0.2) is 0 Å². The minimum Gasteiger partial charge on any atom is -0.508 e. The summed E-state index contributed by atoms with van der Waals surface area (Å²) in [4.78, 5) is 0. The third-order valence-corrected chi connectivity index (χ3v) is 3.47. The fraction of sp³-hybridized carbons (Fsp3) is 0.500. The molecule has 1 saturated carbocycles. The smallest absolute Gasteiger partial charge is 0.115 e. The van der Waals surface area contributed by atoms with Gasteiger partial charge in [-0.2, -0.15) is 5.26 Å². The number of nitrogens with zero attached hydrogens (tertiary/aromatic N) is 1. The molecule has 0 saturated heterocycles. The highest BCUT2D eigenvalue weighted by Crippen LogP contribution is 2.27. The van der Waals surface area contributed by atoms with Crippen LogP contribution in [-0.2, 0) is 0 Å². The molecule has 0 aliphatic heterocycles. The van der Waals surface area contributed by atoms with E-state index in [9.17, 15) is 5.11 Å². The molecule has 1 aromatic rings. The number of hydrogen-bond donors (Lipinski definition) is 2. The van der Waals surface area contributed by atoms with Gasteiger partial charge in [-0.3, -0.25) is 0 Å². The fourth-order valence-electron chi connectivity index (χ4n) is 2.49. The monoisotopic (exact) mass is 230 g/mol. The van der Waals surface area contributed by atoms with Crippen LogP contribution in [-0.4, -0.2) is 11.1 Å². The summed E-state index contributed by atoms with van der Waals surface area (Å²) in [6.07, 6.45) is 3.02. The van der Waals surface area contributed by atoms with Crippen LogP contribution < -0.4 is 5.32 Å². The van der Waals surface area contributed by atoms with Gasteiger partial charge < -0.3 is 10.4 Å². The third-order valence-electron chi connectivity index (χ3n) is 3.47. The molecule has 0 amide bonds. The molecule has 90 valence electrons. The molecule has 1 fully saturated rings. The van der Waals surface area contributed by atoms with Crippen LogP contribution in [0.25, 0.3) is 0 Å². The van der Waals surface area contributed by atoms with Gasteiger partial charge >= 0.3 is 0 Å². The number of phenolic OH excluding ortho intramolecular Hbond substituents is 1. The van der Waals surface area contributed by atoms with Crippen molar-refractivity contribution in [2.24, 2.45) is 5.92 Å². The van der Waals surface area contributed by atoms with Crippen LogP contribution in [0.4, 0.5) is 0 Å². The van der Waals surface area contributed by atoms with Crippen molar-refractivity contribution in [1.82, 2.24) is 5.32 Å². The molecule has 0 bridgehead atoms. The Labute approximate surface area is 102 Å². The van der Waals surface area contributed by atoms with Gasteiger partial charge in [0.1, 0.15) is 5.75 Å². The van der Waals surface area contributed by atoms with Crippen LogP contribution in [0.3, 0.4) is 0 Å². The fourth-order valence-corrected chi connectivity index (χ4v) is 2.49. The van der Waals surface area contributed by atoms with Gasteiger partial charge in [0.2, 0.25) is 0 Å². The molecule has 3 unspecified atom stereocenters. The summed E-state index contributed by atoms with van der Waals surface area (Å²) < 4.78 is 0. The van der Waals surface area contributed by atoms with Crippen molar-refractivity contribution in [3.05, 3.63) is 29.8 Å². The molecule has 1 aromatic carbocycles. The van der Waals surface area contributed by atoms with E-state index in [1.165, 1.54) is 0 Å². The lowest BCUT2D eigenvalue weighted by molar-refractivity contribution is 0.448. The van der Waals surface area contributed by atoms with Crippen molar-refractivity contribution in [2.75, 3.05) is 0 Å². The lowest BCUT2D eigenvalue weighted by atomic mass is 10.1. The molecule has 3 nitrogen and oxygen atoms in total. The minimum absolute atomic E-state index is 0.212. The number of benzene rings is 1. The SMILES string of the molecule is CC(NC1CCC(C#N)C1)c1cccc(O)c1. The number of nitrogens with one attached hydrogen (secondary N) is 1. The molecule has 3 atom stereocenters. The Morgan fingerprint density at radius 1 is 1.47 bits per heavy atom. The minimum atomic E-state index is 0.212. The van der Waals surface area contributed by atoms with Crippen LogP contribution in [0.1, 0.15) is 37.8 Å². The van der Waals surface area contributed by atoms with Crippen LogP contribution >= 0.6 is 0 Å². The topological polar surface area (TPSA) is 56.0 Å². The van der Waals surface area contributed by atoms with Crippen molar-refractivity contribution in [1.29, 1.82) is 5.26 Å². The maximum Gasteiger partial charge on any atom is 0.115 e. The summed E-state index contributed by atoms with van der Waals surface area (Å²) in [7, 11) is 0. The molecule has 0 spiro atoms. The Hall–Kier alpha value is -1.53. The van der Waals surface area contributed by atoms with Gasteiger partial charge in [-0.15, -0.1) is 0 Å². The lowest BCUT2D eigenvalue weighted by Crippen LogP contribution is -2.29.